The van der Waals surface area contributed by atoms with Crippen LogP contribution in [0, 0.1) is 5.92 Å². The summed E-state index contributed by atoms with van der Waals surface area (Å²) in [5, 5.41) is 3.06. The summed E-state index contributed by atoms with van der Waals surface area (Å²) in [6, 6.07) is 6.73. The van der Waals surface area contributed by atoms with Crippen molar-refractivity contribution in [3.8, 4) is 0 Å². The summed E-state index contributed by atoms with van der Waals surface area (Å²) in [6.45, 7) is 4.80. The molecule has 118 valence electrons. The first kappa shape index (κ1) is 17.9. The molecule has 1 aromatic rings. The molecular weight excluding hydrogens is 312 g/mol. The Bertz CT molecular complexity index is 588. The Kier molecular flexibility index (Phi) is 6.64. The van der Waals surface area contributed by atoms with Crippen LogP contribution in [0.3, 0.4) is 0 Å². The van der Waals surface area contributed by atoms with E-state index in [9.17, 15) is 13.2 Å². The lowest BCUT2D eigenvalue weighted by molar-refractivity contribution is 0.0951. The molecule has 0 bridgehead atoms. The normalized spacial score (nSPS) is 11.9. The fourth-order valence-electron chi connectivity index (χ4n) is 1.83. The number of benzene rings is 1. The van der Waals surface area contributed by atoms with E-state index in [1.54, 1.807) is 24.3 Å². The van der Waals surface area contributed by atoms with Crippen LogP contribution in [0.15, 0.2) is 24.3 Å². The maximum Gasteiger partial charge on any atom is 0.252 e. The topological polar surface area (TPSA) is 66.5 Å². The maximum absolute atomic E-state index is 12.0. The number of carbonyl (C=O) groups excluding carboxylic acids is 1. The number of hydrogen-bond acceptors (Lipinski definition) is 3. The second-order valence-corrected chi connectivity index (χ2v) is 7.64. The highest BCUT2D eigenvalue weighted by Gasteiger charge is 2.18. The summed E-state index contributed by atoms with van der Waals surface area (Å²) in [7, 11) is -3.27. The second-order valence-electron chi connectivity index (χ2n) is 5.25. The van der Waals surface area contributed by atoms with E-state index in [2.05, 4.69) is 5.32 Å². The molecule has 0 saturated heterocycles. The highest BCUT2D eigenvalue weighted by molar-refractivity contribution is 7.88. The van der Waals surface area contributed by atoms with Gasteiger partial charge in [-0.05, 0) is 18.1 Å². The van der Waals surface area contributed by atoms with Crippen LogP contribution in [0.5, 0.6) is 0 Å². The zero-order chi connectivity index (χ0) is 16.0. The van der Waals surface area contributed by atoms with E-state index in [0.29, 0.717) is 17.1 Å². The van der Waals surface area contributed by atoms with Crippen LogP contribution >= 0.6 is 11.6 Å². The number of hydrogen-bond donors (Lipinski definition) is 1. The Morgan fingerprint density at radius 2 is 1.95 bits per heavy atom. The van der Waals surface area contributed by atoms with Crippen LogP contribution in [-0.4, -0.2) is 44.5 Å². The standard InChI is InChI=1S/C14H21ClN2O3S/c1-11(2)10-17(21(3,19)20)9-8-16-14(18)12-6-4-5-7-13(12)15/h4-7,11H,8-10H2,1-3H3,(H,16,18). The minimum atomic E-state index is -3.27. The van der Waals surface area contributed by atoms with Gasteiger partial charge in [-0.3, -0.25) is 4.79 Å². The molecule has 0 fully saturated rings. The zero-order valence-corrected chi connectivity index (χ0v) is 14.0. The van der Waals surface area contributed by atoms with Gasteiger partial charge in [0.1, 0.15) is 0 Å². The van der Waals surface area contributed by atoms with Crippen molar-refractivity contribution in [2.24, 2.45) is 5.92 Å². The van der Waals surface area contributed by atoms with Crippen molar-refractivity contribution >= 4 is 27.5 Å². The zero-order valence-electron chi connectivity index (χ0n) is 12.5. The first-order valence-corrected chi connectivity index (χ1v) is 8.92. The summed E-state index contributed by atoms with van der Waals surface area (Å²) < 4.78 is 24.7. The van der Waals surface area contributed by atoms with Crippen molar-refractivity contribution in [3.05, 3.63) is 34.9 Å². The van der Waals surface area contributed by atoms with Crippen molar-refractivity contribution < 1.29 is 13.2 Å². The molecule has 0 unspecified atom stereocenters. The van der Waals surface area contributed by atoms with Gasteiger partial charge >= 0.3 is 0 Å². The SMILES string of the molecule is CC(C)CN(CCNC(=O)c1ccccc1Cl)S(C)(=O)=O. The molecule has 0 atom stereocenters. The van der Waals surface area contributed by atoms with E-state index in [1.807, 2.05) is 13.8 Å². The van der Waals surface area contributed by atoms with Gasteiger partial charge in [0.2, 0.25) is 10.0 Å². The molecule has 7 heteroatoms. The maximum atomic E-state index is 12.0. The van der Waals surface area contributed by atoms with E-state index in [4.69, 9.17) is 11.6 Å². The predicted octanol–water partition coefficient (Wildman–Crippen LogP) is 1.99. The van der Waals surface area contributed by atoms with Gasteiger partial charge < -0.3 is 5.32 Å². The van der Waals surface area contributed by atoms with Gasteiger partial charge in [-0.25, -0.2) is 12.7 Å². The minimum absolute atomic E-state index is 0.221. The third kappa shape index (κ3) is 6.03. The summed E-state index contributed by atoms with van der Waals surface area (Å²) in [5.74, 6) is -0.0856. The molecule has 0 aliphatic heterocycles. The van der Waals surface area contributed by atoms with E-state index >= 15 is 0 Å². The molecule has 0 aliphatic rings. The minimum Gasteiger partial charge on any atom is -0.351 e. The quantitative estimate of drug-likeness (QED) is 0.830. The van der Waals surface area contributed by atoms with Crippen LogP contribution in [0.2, 0.25) is 5.02 Å². The summed E-state index contributed by atoms with van der Waals surface area (Å²) in [5.41, 5.74) is 0.383. The molecule has 21 heavy (non-hydrogen) atoms. The van der Waals surface area contributed by atoms with E-state index < -0.39 is 10.0 Å². The van der Waals surface area contributed by atoms with Gasteiger partial charge in [-0.2, -0.15) is 0 Å². The van der Waals surface area contributed by atoms with Gasteiger partial charge in [0.25, 0.3) is 5.91 Å². The summed E-state index contributed by atoms with van der Waals surface area (Å²) in [6.07, 6.45) is 1.17. The molecule has 0 heterocycles. The van der Waals surface area contributed by atoms with Gasteiger partial charge in [0, 0.05) is 19.6 Å². The third-order valence-electron chi connectivity index (χ3n) is 2.80. The van der Waals surface area contributed by atoms with Crippen molar-refractivity contribution in [2.75, 3.05) is 25.9 Å². The fourth-order valence-corrected chi connectivity index (χ4v) is 3.05. The van der Waals surface area contributed by atoms with Crippen molar-refractivity contribution in [1.82, 2.24) is 9.62 Å². The van der Waals surface area contributed by atoms with Gasteiger partial charge in [0.15, 0.2) is 0 Å². The average Bonchev–Trinajstić information content (AvgIpc) is 2.36. The van der Waals surface area contributed by atoms with E-state index in [-0.39, 0.29) is 24.9 Å². The number of sulfonamides is 1. The van der Waals surface area contributed by atoms with Crippen molar-refractivity contribution in [1.29, 1.82) is 0 Å². The fraction of sp³-hybridized carbons (Fsp3) is 0.500. The third-order valence-corrected chi connectivity index (χ3v) is 4.40. The molecule has 0 saturated carbocycles. The monoisotopic (exact) mass is 332 g/mol. The average molecular weight is 333 g/mol. The smallest absolute Gasteiger partial charge is 0.252 e. The van der Waals surface area contributed by atoms with Gasteiger partial charge in [-0.1, -0.05) is 37.6 Å². The molecular formula is C14H21ClN2O3S. The number of halogens is 1. The lowest BCUT2D eigenvalue weighted by Gasteiger charge is -2.22. The molecule has 1 N–H and O–H groups in total. The summed E-state index contributed by atoms with van der Waals surface area (Å²) in [4.78, 5) is 12.0. The lowest BCUT2D eigenvalue weighted by atomic mass is 10.2. The molecule has 5 nitrogen and oxygen atoms in total. The first-order chi connectivity index (χ1) is 9.71. The molecule has 0 aromatic heterocycles. The van der Waals surface area contributed by atoms with Crippen LogP contribution in [0.4, 0.5) is 0 Å². The number of carbonyl (C=O) groups is 1. The van der Waals surface area contributed by atoms with Crippen LogP contribution in [0.25, 0.3) is 0 Å². The highest BCUT2D eigenvalue weighted by Crippen LogP contribution is 2.14. The number of nitrogens with one attached hydrogen (secondary N) is 1. The largest absolute Gasteiger partial charge is 0.351 e. The molecule has 0 spiro atoms. The lowest BCUT2D eigenvalue weighted by Crippen LogP contribution is -2.39. The first-order valence-electron chi connectivity index (χ1n) is 6.69. The molecule has 1 amide bonds. The Balaban J connectivity index is 2.59. The predicted molar refractivity (Wildman–Crippen MR) is 85.0 cm³/mol. The Morgan fingerprint density at radius 3 is 2.48 bits per heavy atom. The Labute approximate surface area is 131 Å². The molecule has 0 aliphatic carbocycles. The number of amides is 1. The van der Waals surface area contributed by atoms with E-state index in [1.165, 1.54) is 10.6 Å². The van der Waals surface area contributed by atoms with Gasteiger partial charge in [-0.15, -0.1) is 0 Å². The van der Waals surface area contributed by atoms with Crippen LogP contribution < -0.4 is 5.32 Å². The number of nitrogens with zero attached hydrogens (tertiary/aromatic N) is 1. The highest BCUT2D eigenvalue weighted by atomic mass is 35.5. The van der Waals surface area contributed by atoms with Crippen LogP contribution in [-0.2, 0) is 10.0 Å². The van der Waals surface area contributed by atoms with Gasteiger partial charge in [0.05, 0.1) is 16.8 Å². The molecule has 1 rings (SSSR count). The van der Waals surface area contributed by atoms with Crippen molar-refractivity contribution in [3.63, 3.8) is 0 Å². The van der Waals surface area contributed by atoms with Crippen molar-refractivity contribution in [2.45, 2.75) is 13.8 Å². The van der Waals surface area contributed by atoms with E-state index in [0.717, 1.165) is 0 Å². The number of rotatable bonds is 7. The second kappa shape index (κ2) is 7.77. The van der Waals surface area contributed by atoms with Crippen LogP contribution in [0.1, 0.15) is 24.2 Å². The molecule has 0 radical (unpaired) electrons. The Hall–Kier alpha value is -1.11. The Morgan fingerprint density at radius 1 is 1.33 bits per heavy atom. The summed E-state index contributed by atoms with van der Waals surface area (Å²) >= 11 is 5.93. The molecule has 1 aromatic carbocycles.